The molecule has 0 saturated carbocycles. The lowest BCUT2D eigenvalue weighted by Crippen LogP contribution is -1.99. The first-order valence-electron chi connectivity index (χ1n) is 7.64. The Hall–Kier alpha value is -2.75. The minimum absolute atomic E-state index is 0.286. The Bertz CT molecular complexity index is 737. The molecule has 5 nitrogen and oxygen atoms in total. The molecule has 0 aliphatic rings. The Morgan fingerprint density at radius 1 is 0.720 bits per heavy atom. The number of hydrogen-bond donors (Lipinski definition) is 2. The number of para-hydroxylation sites is 3. The summed E-state index contributed by atoms with van der Waals surface area (Å²) in [6.45, 7) is 0. The van der Waals surface area contributed by atoms with Gasteiger partial charge in [-0.3, -0.25) is 4.89 Å². The third kappa shape index (κ3) is 7.12. The fourth-order valence-electron chi connectivity index (χ4n) is 1.85. The van der Waals surface area contributed by atoms with Gasteiger partial charge in [-0.1, -0.05) is 54.6 Å². The lowest BCUT2D eigenvalue weighted by atomic mass is 10.3. The summed E-state index contributed by atoms with van der Waals surface area (Å²) in [5.41, 5.74) is 1.16. The lowest BCUT2D eigenvalue weighted by Gasteiger charge is -2.13. The summed E-state index contributed by atoms with van der Waals surface area (Å²) in [6.07, 6.45) is 0. The van der Waals surface area contributed by atoms with Crippen LogP contribution in [0.2, 0.25) is 0 Å². The van der Waals surface area contributed by atoms with Gasteiger partial charge in [0.15, 0.2) is 0 Å². The molecule has 6 heteroatoms. The Balaban J connectivity index is 0.000000236. The third-order valence-electron chi connectivity index (χ3n) is 2.99. The number of nitrogens with one attached hydrogen (secondary N) is 1. The summed E-state index contributed by atoms with van der Waals surface area (Å²) in [4.78, 5) is 9.53. The SMILES string of the molecule is CNc1ccccc1.O=P(O)(Oc1ccccc1)Oc1ccccc1. The van der Waals surface area contributed by atoms with Crippen LogP contribution in [0.3, 0.4) is 0 Å². The van der Waals surface area contributed by atoms with E-state index in [1.54, 1.807) is 60.7 Å². The van der Waals surface area contributed by atoms with Crippen LogP contribution in [-0.4, -0.2) is 11.9 Å². The number of hydrogen-bond acceptors (Lipinski definition) is 4. The Labute approximate surface area is 147 Å². The average molecular weight is 357 g/mol. The van der Waals surface area contributed by atoms with Crippen LogP contribution in [0.4, 0.5) is 5.69 Å². The van der Waals surface area contributed by atoms with Gasteiger partial charge in [-0.05, 0) is 36.4 Å². The van der Waals surface area contributed by atoms with Gasteiger partial charge in [0.2, 0.25) is 0 Å². The smallest absolute Gasteiger partial charge is 0.395 e. The highest BCUT2D eigenvalue weighted by molar-refractivity contribution is 7.48. The van der Waals surface area contributed by atoms with Crippen LogP contribution in [0.1, 0.15) is 0 Å². The molecule has 130 valence electrons. The maximum atomic E-state index is 11.7. The van der Waals surface area contributed by atoms with E-state index in [9.17, 15) is 9.46 Å². The number of phosphoric ester groups is 1. The molecule has 0 heterocycles. The molecule has 0 fully saturated rings. The van der Waals surface area contributed by atoms with Crippen molar-refractivity contribution in [3.63, 3.8) is 0 Å². The van der Waals surface area contributed by atoms with Crippen LogP contribution < -0.4 is 14.4 Å². The van der Waals surface area contributed by atoms with Crippen LogP contribution in [-0.2, 0) is 4.57 Å². The minimum Gasteiger partial charge on any atom is -0.395 e. The fraction of sp³-hybridized carbons (Fsp3) is 0.0526. The number of benzene rings is 3. The Kier molecular flexibility index (Phi) is 7.08. The van der Waals surface area contributed by atoms with Gasteiger partial charge in [0.25, 0.3) is 0 Å². The summed E-state index contributed by atoms with van der Waals surface area (Å²) in [6, 6.07) is 26.8. The van der Waals surface area contributed by atoms with Crippen LogP contribution >= 0.6 is 7.82 Å². The molecule has 0 amide bonds. The molecule has 0 atom stereocenters. The quantitative estimate of drug-likeness (QED) is 0.631. The molecular formula is C19H20NO4P. The second-order valence-electron chi connectivity index (χ2n) is 4.89. The molecule has 0 aromatic heterocycles. The zero-order valence-corrected chi connectivity index (χ0v) is 14.7. The first kappa shape index (κ1) is 18.6. The van der Waals surface area contributed by atoms with Crippen LogP contribution in [0.15, 0.2) is 91.0 Å². The third-order valence-corrected chi connectivity index (χ3v) is 3.87. The lowest BCUT2D eigenvalue weighted by molar-refractivity contribution is 0.291. The summed E-state index contributed by atoms with van der Waals surface area (Å²) < 4.78 is 21.5. The van der Waals surface area contributed by atoms with E-state index in [1.165, 1.54) is 0 Å². The minimum atomic E-state index is -4.14. The van der Waals surface area contributed by atoms with E-state index in [4.69, 9.17) is 9.05 Å². The average Bonchev–Trinajstić information content (AvgIpc) is 2.64. The number of anilines is 1. The zero-order valence-electron chi connectivity index (χ0n) is 13.8. The summed E-state index contributed by atoms with van der Waals surface area (Å²) in [5.74, 6) is 0.573. The van der Waals surface area contributed by atoms with E-state index in [-0.39, 0.29) is 11.5 Å². The van der Waals surface area contributed by atoms with E-state index >= 15 is 0 Å². The standard InChI is InChI=1S/C12H11O4P.C7H9N/c13-17(14,15-11-7-3-1-4-8-11)16-12-9-5-2-6-10-12;1-8-7-5-3-2-4-6-7/h1-10H,(H,13,14);2-6,8H,1H3. The summed E-state index contributed by atoms with van der Waals surface area (Å²) in [7, 11) is -2.22. The van der Waals surface area contributed by atoms with Gasteiger partial charge >= 0.3 is 7.82 Å². The molecule has 0 unspecified atom stereocenters. The molecule has 2 N–H and O–H groups in total. The molecule has 0 bridgehead atoms. The molecule has 0 aliphatic carbocycles. The van der Waals surface area contributed by atoms with Crippen molar-refractivity contribution in [1.82, 2.24) is 0 Å². The zero-order chi connectivity index (χ0) is 18.0. The van der Waals surface area contributed by atoms with Crippen molar-refractivity contribution in [2.24, 2.45) is 0 Å². The molecule has 3 aromatic carbocycles. The molecule has 0 aliphatic heterocycles. The van der Waals surface area contributed by atoms with Gasteiger partial charge in [0, 0.05) is 12.7 Å². The molecule has 0 spiro atoms. The molecule has 0 radical (unpaired) electrons. The van der Waals surface area contributed by atoms with Crippen molar-refractivity contribution < 1.29 is 18.5 Å². The van der Waals surface area contributed by atoms with Crippen molar-refractivity contribution in [2.75, 3.05) is 12.4 Å². The second-order valence-corrected chi connectivity index (χ2v) is 6.20. The van der Waals surface area contributed by atoms with Crippen LogP contribution in [0, 0.1) is 0 Å². The van der Waals surface area contributed by atoms with E-state index in [1.807, 2.05) is 37.4 Å². The van der Waals surface area contributed by atoms with Gasteiger partial charge in [-0.25, -0.2) is 4.57 Å². The Morgan fingerprint density at radius 2 is 1.08 bits per heavy atom. The van der Waals surface area contributed by atoms with Crippen molar-refractivity contribution >= 4 is 13.5 Å². The number of phosphoric acid groups is 1. The molecule has 25 heavy (non-hydrogen) atoms. The first-order valence-corrected chi connectivity index (χ1v) is 9.13. The van der Waals surface area contributed by atoms with Crippen molar-refractivity contribution in [3.05, 3.63) is 91.0 Å². The Morgan fingerprint density at radius 3 is 1.40 bits per heavy atom. The van der Waals surface area contributed by atoms with Crippen molar-refractivity contribution in [3.8, 4) is 11.5 Å². The summed E-state index contributed by atoms with van der Waals surface area (Å²) in [5, 5.41) is 3.03. The van der Waals surface area contributed by atoms with Gasteiger partial charge in [0.1, 0.15) is 11.5 Å². The molecule has 3 aromatic rings. The fourth-order valence-corrected chi connectivity index (χ4v) is 2.67. The van der Waals surface area contributed by atoms with E-state index in [0.29, 0.717) is 0 Å². The van der Waals surface area contributed by atoms with Gasteiger partial charge in [-0.15, -0.1) is 0 Å². The predicted molar refractivity (Wildman–Crippen MR) is 100.0 cm³/mol. The normalized spacial score (nSPS) is 10.2. The maximum absolute atomic E-state index is 11.7. The van der Waals surface area contributed by atoms with Crippen molar-refractivity contribution in [2.45, 2.75) is 0 Å². The van der Waals surface area contributed by atoms with E-state index < -0.39 is 7.82 Å². The second kappa shape index (κ2) is 9.52. The highest BCUT2D eigenvalue weighted by Crippen LogP contribution is 2.44. The van der Waals surface area contributed by atoms with E-state index in [0.717, 1.165) is 5.69 Å². The van der Waals surface area contributed by atoms with Crippen molar-refractivity contribution in [1.29, 1.82) is 0 Å². The number of rotatable bonds is 5. The van der Waals surface area contributed by atoms with Crippen LogP contribution in [0.25, 0.3) is 0 Å². The molecule has 0 saturated heterocycles. The van der Waals surface area contributed by atoms with Gasteiger partial charge < -0.3 is 14.4 Å². The van der Waals surface area contributed by atoms with Gasteiger partial charge in [-0.2, -0.15) is 0 Å². The largest absolute Gasteiger partial charge is 0.584 e. The monoisotopic (exact) mass is 357 g/mol. The molecule has 3 rings (SSSR count). The maximum Gasteiger partial charge on any atom is 0.584 e. The predicted octanol–water partition coefficient (Wildman–Crippen LogP) is 4.97. The first-order chi connectivity index (χ1) is 12.1. The topological polar surface area (TPSA) is 67.8 Å². The van der Waals surface area contributed by atoms with E-state index in [2.05, 4.69) is 5.32 Å². The highest BCUT2D eigenvalue weighted by atomic mass is 31.2. The summed E-state index contributed by atoms with van der Waals surface area (Å²) >= 11 is 0. The molecular weight excluding hydrogens is 337 g/mol. The van der Waals surface area contributed by atoms with Gasteiger partial charge in [0.05, 0.1) is 0 Å². The van der Waals surface area contributed by atoms with Crippen LogP contribution in [0.5, 0.6) is 11.5 Å². The highest BCUT2D eigenvalue weighted by Gasteiger charge is 2.24.